The number of anilines is 1. The molecule has 0 radical (unpaired) electrons. The third kappa shape index (κ3) is 6.01. The predicted molar refractivity (Wildman–Crippen MR) is 126 cm³/mol. The molecule has 170 valence electrons. The lowest BCUT2D eigenvalue weighted by atomic mass is 9.98. The Kier molecular flexibility index (Phi) is 7.75. The van der Waals surface area contributed by atoms with Crippen molar-refractivity contribution in [3.63, 3.8) is 0 Å². The minimum Gasteiger partial charge on any atom is -0.344 e. The number of para-hydroxylation sites is 1. The van der Waals surface area contributed by atoms with Crippen LogP contribution in [-0.4, -0.2) is 59.9 Å². The third-order valence-electron chi connectivity index (χ3n) is 5.60. The fourth-order valence-corrected chi connectivity index (χ4v) is 3.98. The summed E-state index contributed by atoms with van der Waals surface area (Å²) in [6, 6.07) is 12.3. The van der Waals surface area contributed by atoms with Crippen molar-refractivity contribution in [1.29, 1.82) is 0 Å². The Labute approximate surface area is 193 Å². The Hall–Kier alpha value is -3.06. The van der Waals surface area contributed by atoms with E-state index in [1.54, 1.807) is 34.1 Å². The van der Waals surface area contributed by atoms with Crippen LogP contribution in [-0.2, 0) is 16.0 Å². The Morgan fingerprint density at radius 3 is 2.31 bits per heavy atom. The largest absolute Gasteiger partial charge is 0.344 e. The minimum atomic E-state index is -0.642. The molecule has 1 aliphatic heterocycles. The van der Waals surface area contributed by atoms with Gasteiger partial charge in [-0.05, 0) is 37.1 Å². The standard InChI is InChI=1S/C24H29ClN4O3/c1-16-8-9-17(2)19(14-16)15-22(26-18(3)30)23(31)28-10-12-29(13-11-28)24(32)27-21-7-5-4-6-20(21)25/h4-9,14,22H,10-13,15H2,1-3H3,(H,26,30)(H,27,32)/t22-/m1/s1. The van der Waals surface area contributed by atoms with Gasteiger partial charge in [0.25, 0.3) is 0 Å². The number of urea groups is 1. The van der Waals surface area contributed by atoms with Crippen molar-refractivity contribution in [1.82, 2.24) is 15.1 Å². The van der Waals surface area contributed by atoms with Gasteiger partial charge in [0.05, 0.1) is 10.7 Å². The molecular weight excluding hydrogens is 428 g/mol. The first-order valence-corrected chi connectivity index (χ1v) is 11.0. The monoisotopic (exact) mass is 456 g/mol. The van der Waals surface area contributed by atoms with E-state index in [-0.39, 0.29) is 17.8 Å². The number of hydrogen-bond donors (Lipinski definition) is 2. The van der Waals surface area contributed by atoms with E-state index in [0.717, 1.165) is 16.7 Å². The van der Waals surface area contributed by atoms with Gasteiger partial charge in [-0.25, -0.2) is 4.79 Å². The van der Waals surface area contributed by atoms with Gasteiger partial charge >= 0.3 is 6.03 Å². The normalized spacial score (nSPS) is 14.6. The lowest BCUT2D eigenvalue weighted by Crippen LogP contribution is -2.56. The quantitative estimate of drug-likeness (QED) is 0.723. The number of nitrogens with zero attached hydrogens (tertiary/aromatic N) is 2. The van der Waals surface area contributed by atoms with E-state index in [4.69, 9.17) is 11.6 Å². The molecule has 1 fully saturated rings. The average molecular weight is 457 g/mol. The van der Waals surface area contributed by atoms with E-state index in [0.29, 0.717) is 43.3 Å². The molecule has 1 atom stereocenters. The van der Waals surface area contributed by atoms with Gasteiger partial charge in [0.1, 0.15) is 6.04 Å². The number of hydrogen-bond acceptors (Lipinski definition) is 3. The van der Waals surface area contributed by atoms with Crippen LogP contribution in [0.2, 0.25) is 5.02 Å². The summed E-state index contributed by atoms with van der Waals surface area (Å²) in [7, 11) is 0. The van der Waals surface area contributed by atoms with Gasteiger partial charge in [-0.1, -0.05) is 47.5 Å². The molecule has 3 rings (SSSR count). The maximum atomic E-state index is 13.2. The van der Waals surface area contributed by atoms with Gasteiger partial charge in [0.2, 0.25) is 11.8 Å². The van der Waals surface area contributed by atoms with E-state index in [9.17, 15) is 14.4 Å². The molecular formula is C24H29ClN4O3. The van der Waals surface area contributed by atoms with Crippen LogP contribution < -0.4 is 10.6 Å². The van der Waals surface area contributed by atoms with Crippen LogP contribution in [0.1, 0.15) is 23.6 Å². The number of piperazine rings is 1. The van der Waals surface area contributed by atoms with Crippen molar-refractivity contribution in [3.05, 3.63) is 64.2 Å². The van der Waals surface area contributed by atoms with Crippen molar-refractivity contribution < 1.29 is 14.4 Å². The van der Waals surface area contributed by atoms with Crippen LogP contribution in [0.15, 0.2) is 42.5 Å². The molecule has 2 N–H and O–H groups in total. The molecule has 2 aromatic rings. The number of carbonyl (C=O) groups is 3. The zero-order valence-corrected chi connectivity index (χ0v) is 19.4. The zero-order chi connectivity index (χ0) is 23.3. The van der Waals surface area contributed by atoms with Crippen LogP contribution >= 0.6 is 11.6 Å². The highest BCUT2D eigenvalue weighted by Gasteiger charge is 2.30. The summed E-state index contributed by atoms with van der Waals surface area (Å²) < 4.78 is 0. The van der Waals surface area contributed by atoms with Crippen LogP contribution in [0, 0.1) is 13.8 Å². The number of rotatable bonds is 5. The summed E-state index contributed by atoms with van der Waals surface area (Å²) in [5, 5.41) is 6.09. The molecule has 1 aliphatic rings. The molecule has 0 aliphatic carbocycles. The summed E-state index contributed by atoms with van der Waals surface area (Å²) in [5.41, 5.74) is 3.78. The van der Waals surface area contributed by atoms with E-state index in [2.05, 4.69) is 16.7 Å². The van der Waals surface area contributed by atoms with Gasteiger partial charge in [0, 0.05) is 39.5 Å². The summed E-state index contributed by atoms with van der Waals surface area (Å²) in [5.74, 6) is -0.376. The molecule has 1 heterocycles. The highest BCUT2D eigenvalue weighted by molar-refractivity contribution is 6.33. The van der Waals surface area contributed by atoms with E-state index >= 15 is 0 Å². The first-order chi connectivity index (χ1) is 15.2. The molecule has 32 heavy (non-hydrogen) atoms. The lowest BCUT2D eigenvalue weighted by molar-refractivity contribution is -0.137. The van der Waals surface area contributed by atoms with Crippen molar-refractivity contribution >= 4 is 35.1 Å². The smallest absolute Gasteiger partial charge is 0.322 e. The number of nitrogens with one attached hydrogen (secondary N) is 2. The summed E-state index contributed by atoms with van der Waals surface area (Å²) in [6.45, 7) is 7.03. The van der Waals surface area contributed by atoms with Gasteiger partial charge in [-0.15, -0.1) is 0 Å². The molecule has 8 heteroatoms. The summed E-state index contributed by atoms with van der Waals surface area (Å²) >= 11 is 6.12. The lowest BCUT2D eigenvalue weighted by Gasteiger charge is -2.36. The van der Waals surface area contributed by atoms with Gasteiger partial charge < -0.3 is 20.4 Å². The zero-order valence-electron chi connectivity index (χ0n) is 18.7. The SMILES string of the molecule is CC(=O)N[C@H](Cc1cc(C)ccc1C)C(=O)N1CCN(C(=O)Nc2ccccc2Cl)CC1. The molecule has 0 unspecified atom stereocenters. The summed E-state index contributed by atoms with van der Waals surface area (Å²) in [4.78, 5) is 40.9. The van der Waals surface area contributed by atoms with Gasteiger partial charge in [-0.3, -0.25) is 9.59 Å². The average Bonchev–Trinajstić information content (AvgIpc) is 2.76. The molecule has 0 spiro atoms. The highest BCUT2D eigenvalue weighted by atomic mass is 35.5. The second-order valence-electron chi connectivity index (χ2n) is 8.11. The molecule has 1 saturated heterocycles. The Balaban J connectivity index is 1.62. The van der Waals surface area contributed by atoms with E-state index in [1.165, 1.54) is 6.92 Å². The highest BCUT2D eigenvalue weighted by Crippen LogP contribution is 2.21. The summed E-state index contributed by atoms with van der Waals surface area (Å²) in [6.07, 6.45) is 0.430. The molecule has 0 aromatic heterocycles. The number of aryl methyl sites for hydroxylation is 2. The number of benzene rings is 2. The fourth-order valence-electron chi connectivity index (χ4n) is 3.79. The first-order valence-electron chi connectivity index (χ1n) is 10.7. The van der Waals surface area contributed by atoms with Gasteiger partial charge in [-0.2, -0.15) is 0 Å². The van der Waals surface area contributed by atoms with E-state index in [1.807, 2.05) is 26.0 Å². The van der Waals surface area contributed by atoms with E-state index < -0.39 is 6.04 Å². The van der Waals surface area contributed by atoms with Gasteiger partial charge in [0.15, 0.2) is 0 Å². The molecule has 0 bridgehead atoms. The van der Waals surface area contributed by atoms with Crippen molar-refractivity contribution in [3.8, 4) is 0 Å². The number of halogens is 1. The molecule has 0 saturated carbocycles. The second-order valence-corrected chi connectivity index (χ2v) is 8.52. The van der Waals surface area contributed by atoms with Crippen molar-refractivity contribution in [2.75, 3.05) is 31.5 Å². The number of carbonyl (C=O) groups excluding carboxylic acids is 3. The van der Waals surface area contributed by atoms with Crippen LogP contribution in [0.3, 0.4) is 0 Å². The van der Waals surface area contributed by atoms with Crippen LogP contribution in [0.25, 0.3) is 0 Å². The molecule has 2 aromatic carbocycles. The van der Waals surface area contributed by atoms with Crippen molar-refractivity contribution in [2.45, 2.75) is 33.2 Å². The molecule has 4 amide bonds. The maximum absolute atomic E-state index is 13.2. The Bertz CT molecular complexity index is 1000. The Morgan fingerprint density at radius 1 is 1.00 bits per heavy atom. The topological polar surface area (TPSA) is 81.8 Å². The van der Waals surface area contributed by atoms with Crippen LogP contribution in [0.4, 0.5) is 10.5 Å². The van der Waals surface area contributed by atoms with Crippen molar-refractivity contribution in [2.24, 2.45) is 0 Å². The van der Waals surface area contributed by atoms with Crippen LogP contribution in [0.5, 0.6) is 0 Å². The first kappa shape index (κ1) is 23.6. The predicted octanol–water partition coefficient (Wildman–Crippen LogP) is 3.38. The second kappa shape index (κ2) is 10.5. The maximum Gasteiger partial charge on any atom is 0.322 e. The third-order valence-corrected chi connectivity index (χ3v) is 5.93. The molecule has 7 nitrogen and oxygen atoms in total. The minimum absolute atomic E-state index is 0.132. The number of amides is 4. The fraction of sp³-hybridized carbons (Fsp3) is 0.375. The Morgan fingerprint density at radius 2 is 1.66 bits per heavy atom.